The van der Waals surface area contributed by atoms with Crippen LogP contribution in [0.3, 0.4) is 0 Å². The molecule has 6 atom stereocenters. The monoisotopic (exact) mass is 466 g/mol. The van der Waals surface area contributed by atoms with E-state index in [9.17, 15) is 34.2 Å². The third kappa shape index (κ3) is 10.4. The Hall–Kier alpha value is -2.42. The van der Waals surface area contributed by atoms with Crippen LogP contribution in [0.15, 0.2) is 0 Å². The van der Waals surface area contributed by atoms with Crippen molar-refractivity contribution < 1.29 is 44.4 Å². The second-order valence-electron chi connectivity index (χ2n) is 6.84. The molecule has 0 fully saturated rings. The van der Waals surface area contributed by atoms with Gasteiger partial charge in [0.1, 0.15) is 12.1 Å². The number of carboxylic acid groups (broad SMARTS) is 2. The normalized spacial score (nSPS) is 16.7. The van der Waals surface area contributed by atoms with Crippen molar-refractivity contribution in [3.05, 3.63) is 0 Å². The number of carboxylic acids is 2. The molecular formula is C17H30N4O9S. The maximum atomic E-state index is 12.7. The lowest BCUT2D eigenvalue weighted by Crippen LogP contribution is -2.61. The van der Waals surface area contributed by atoms with Gasteiger partial charge in [-0.15, -0.1) is 0 Å². The van der Waals surface area contributed by atoms with E-state index in [2.05, 4.69) is 10.6 Å². The minimum absolute atomic E-state index is 0.109. The topological polar surface area (TPSA) is 228 Å². The fourth-order valence-electron chi connectivity index (χ4n) is 2.35. The minimum Gasteiger partial charge on any atom is -0.481 e. The Morgan fingerprint density at radius 3 is 1.81 bits per heavy atom. The van der Waals surface area contributed by atoms with Gasteiger partial charge in [0.15, 0.2) is 6.04 Å². The van der Waals surface area contributed by atoms with Crippen LogP contribution in [-0.4, -0.2) is 98.5 Å². The first kappa shape index (κ1) is 28.6. The van der Waals surface area contributed by atoms with Crippen LogP contribution in [0.1, 0.15) is 26.7 Å². The lowest BCUT2D eigenvalue weighted by molar-refractivity contribution is -0.146. The van der Waals surface area contributed by atoms with Crippen LogP contribution < -0.4 is 21.7 Å². The Labute approximate surface area is 183 Å². The number of nitrogens with two attached hydrogens (primary N) is 1. The summed E-state index contributed by atoms with van der Waals surface area (Å²) in [5, 5.41) is 43.7. The molecule has 0 aliphatic rings. The van der Waals surface area contributed by atoms with E-state index in [1.54, 1.807) is 6.26 Å². The van der Waals surface area contributed by atoms with Crippen LogP contribution in [0.4, 0.5) is 0 Å². The van der Waals surface area contributed by atoms with Crippen molar-refractivity contribution in [2.75, 3.05) is 12.0 Å². The van der Waals surface area contributed by atoms with E-state index in [0.717, 1.165) is 6.92 Å². The van der Waals surface area contributed by atoms with Gasteiger partial charge in [0, 0.05) is 0 Å². The fourth-order valence-corrected chi connectivity index (χ4v) is 2.83. The number of amides is 3. The van der Waals surface area contributed by atoms with Gasteiger partial charge in [-0.2, -0.15) is 11.8 Å². The summed E-state index contributed by atoms with van der Waals surface area (Å²) < 4.78 is 0. The second kappa shape index (κ2) is 13.8. The van der Waals surface area contributed by atoms with Crippen molar-refractivity contribution in [1.82, 2.24) is 16.0 Å². The van der Waals surface area contributed by atoms with E-state index in [0.29, 0.717) is 5.75 Å². The number of aliphatic hydroxyl groups excluding tert-OH is 2. The van der Waals surface area contributed by atoms with Crippen LogP contribution in [0.25, 0.3) is 0 Å². The average Bonchev–Trinajstić information content (AvgIpc) is 2.65. The van der Waals surface area contributed by atoms with Crippen LogP contribution in [-0.2, 0) is 24.0 Å². The maximum Gasteiger partial charge on any atom is 0.328 e. The predicted molar refractivity (Wildman–Crippen MR) is 110 cm³/mol. The van der Waals surface area contributed by atoms with Gasteiger partial charge in [-0.1, -0.05) is 0 Å². The fraction of sp³-hybridized carbons (Fsp3) is 0.706. The molecule has 0 aliphatic carbocycles. The predicted octanol–water partition coefficient (Wildman–Crippen LogP) is -3.16. The smallest absolute Gasteiger partial charge is 0.328 e. The lowest BCUT2D eigenvalue weighted by atomic mass is 10.1. The number of rotatable bonds is 14. The van der Waals surface area contributed by atoms with Crippen LogP contribution in [0, 0.1) is 0 Å². The highest BCUT2D eigenvalue weighted by Gasteiger charge is 2.34. The molecule has 0 saturated heterocycles. The summed E-state index contributed by atoms with van der Waals surface area (Å²) in [5.74, 6) is -5.21. The van der Waals surface area contributed by atoms with Crippen molar-refractivity contribution in [1.29, 1.82) is 0 Å². The van der Waals surface area contributed by atoms with Crippen LogP contribution >= 0.6 is 11.8 Å². The van der Waals surface area contributed by atoms with Gasteiger partial charge in [-0.25, -0.2) is 4.79 Å². The van der Waals surface area contributed by atoms with E-state index < -0.39 is 72.5 Å². The molecule has 0 heterocycles. The van der Waals surface area contributed by atoms with Crippen molar-refractivity contribution in [3.63, 3.8) is 0 Å². The largest absolute Gasteiger partial charge is 0.481 e. The van der Waals surface area contributed by atoms with Gasteiger partial charge in [0.25, 0.3) is 0 Å². The Bertz CT molecular complexity index is 660. The first-order valence-electron chi connectivity index (χ1n) is 9.28. The quantitative estimate of drug-likeness (QED) is 0.127. The Morgan fingerprint density at radius 1 is 0.871 bits per heavy atom. The summed E-state index contributed by atoms with van der Waals surface area (Å²) in [6, 6.07) is -5.86. The highest BCUT2D eigenvalue weighted by atomic mass is 32.2. The van der Waals surface area contributed by atoms with Gasteiger partial charge in [-0.05, 0) is 32.3 Å². The third-order valence-corrected chi connectivity index (χ3v) is 4.73. The number of thioether (sulfide) groups is 1. The zero-order valence-corrected chi connectivity index (χ0v) is 18.2. The first-order chi connectivity index (χ1) is 14.3. The summed E-state index contributed by atoms with van der Waals surface area (Å²) in [6.45, 7) is 2.32. The van der Waals surface area contributed by atoms with Crippen molar-refractivity contribution in [2.45, 2.75) is 63.1 Å². The highest BCUT2D eigenvalue weighted by Crippen LogP contribution is 2.05. The molecule has 0 saturated carbocycles. The lowest BCUT2D eigenvalue weighted by Gasteiger charge is -2.27. The Balaban J connectivity index is 5.38. The average molecular weight is 467 g/mol. The number of nitrogens with one attached hydrogen (secondary N) is 3. The zero-order chi connectivity index (χ0) is 24.3. The molecule has 0 aliphatic heterocycles. The van der Waals surface area contributed by atoms with E-state index in [1.165, 1.54) is 18.7 Å². The molecule has 0 radical (unpaired) electrons. The van der Waals surface area contributed by atoms with E-state index in [1.807, 2.05) is 5.32 Å². The standard InChI is InChI=1S/C17H30N4O9S/c1-7(22)12(16(28)21-13(8(2)23)17(29)30)20-15(27)10(4-5-31-3)19-14(26)9(18)6-11(24)25/h7-10,12-13,22-23H,4-6,18H2,1-3H3,(H,19,26)(H,20,27)(H,21,28)(H,24,25)(H,29,30). The molecule has 31 heavy (non-hydrogen) atoms. The minimum atomic E-state index is -1.67. The number of hydrogen-bond donors (Lipinski definition) is 8. The molecule has 0 spiro atoms. The summed E-state index contributed by atoms with van der Waals surface area (Å²) >= 11 is 1.36. The molecule has 0 aromatic heterocycles. The molecule has 6 unspecified atom stereocenters. The van der Waals surface area contributed by atoms with Gasteiger partial charge < -0.3 is 42.1 Å². The number of carbonyl (C=O) groups is 5. The van der Waals surface area contributed by atoms with Gasteiger partial charge in [-0.3, -0.25) is 19.2 Å². The van der Waals surface area contributed by atoms with Gasteiger partial charge in [0.2, 0.25) is 17.7 Å². The molecule has 0 aromatic carbocycles. The third-order valence-electron chi connectivity index (χ3n) is 4.08. The molecule has 178 valence electrons. The number of hydrogen-bond acceptors (Lipinski definition) is 9. The molecule has 9 N–H and O–H groups in total. The summed E-state index contributed by atoms with van der Waals surface area (Å²) in [5.41, 5.74) is 5.49. The van der Waals surface area contributed by atoms with Gasteiger partial charge in [0.05, 0.1) is 24.7 Å². The molecule has 13 nitrogen and oxygen atoms in total. The Morgan fingerprint density at radius 2 is 1.39 bits per heavy atom. The zero-order valence-electron chi connectivity index (χ0n) is 17.4. The van der Waals surface area contributed by atoms with Crippen LogP contribution in [0.2, 0.25) is 0 Å². The number of carbonyl (C=O) groups excluding carboxylic acids is 3. The molecule has 14 heteroatoms. The first-order valence-corrected chi connectivity index (χ1v) is 10.7. The highest BCUT2D eigenvalue weighted by molar-refractivity contribution is 7.98. The van der Waals surface area contributed by atoms with Crippen molar-refractivity contribution in [2.24, 2.45) is 5.73 Å². The maximum absolute atomic E-state index is 12.7. The van der Waals surface area contributed by atoms with Crippen molar-refractivity contribution in [3.8, 4) is 0 Å². The molecule has 0 bridgehead atoms. The van der Waals surface area contributed by atoms with Crippen molar-refractivity contribution >= 4 is 41.4 Å². The Kier molecular flexibility index (Phi) is 12.7. The van der Waals surface area contributed by atoms with Gasteiger partial charge >= 0.3 is 11.9 Å². The molecular weight excluding hydrogens is 436 g/mol. The molecule has 0 rings (SSSR count). The summed E-state index contributed by atoms with van der Waals surface area (Å²) in [7, 11) is 0. The van der Waals surface area contributed by atoms with E-state index in [4.69, 9.17) is 15.9 Å². The van der Waals surface area contributed by atoms with Crippen LogP contribution in [0.5, 0.6) is 0 Å². The SMILES string of the molecule is CSCCC(NC(=O)C(N)CC(=O)O)C(=O)NC(C(=O)NC(C(=O)O)C(C)O)C(C)O. The van der Waals surface area contributed by atoms with E-state index in [-0.39, 0.29) is 6.42 Å². The number of aliphatic carboxylic acids is 2. The molecule has 0 aromatic rings. The van der Waals surface area contributed by atoms with E-state index >= 15 is 0 Å². The molecule has 3 amide bonds. The summed E-state index contributed by atoms with van der Waals surface area (Å²) in [4.78, 5) is 59.0. The number of aliphatic hydroxyl groups is 2. The second-order valence-corrected chi connectivity index (χ2v) is 7.82. The summed E-state index contributed by atoms with van der Waals surface area (Å²) in [6.07, 6.45) is -1.69.